The fraction of sp³-hybridized carbons (Fsp3) is 0.526. The molecule has 0 fully saturated rings. The van der Waals surface area contributed by atoms with Crippen LogP contribution in [0, 0.1) is 0 Å². The minimum absolute atomic E-state index is 0.0236. The van der Waals surface area contributed by atoms with Gasteiger partial charge in [-0.2, -0.15) is 0 Å². The molecule has 2 rings (SSSR count). The van der Waals surface area contributed by atoms with Crippen LogP contribution in [0.1, 0.15) is 50.6 Å². The van der Waals surface area contributed by atoms with Crippen molar-refractivity contribution in [2.75, 3.05) is 19.0 Å². The van der Waals surface area contributed by atoms with Gasteiger partial charge in [0.1, 0.15) is 0 Å². The van der Waals surface area contributed by atoms with Gasteiger partial charge in [0.2, 0.25) is 0 Å². The predicted octanol–water partition coefficient (Wildman–Crippen LogP) is 4.32. The molecule has 2 aromatic rings. The molecule has 2 aromatic heterocycles. The number of H-pyrrole nitrogens is 1. The number of rotatable bonds is 4. The van der Waals surface area contributed by atoms with Crippen molar-refractivity contribution in [1.82, 2.24) is 4.98 Å². The number of aromatic nitrogens is 1. The van der Waals surface area contributed by atoms with Gasteiger partial charge >= 0.3 is 0 Å². The molecule has 0 aliphatic carbocycles. The number of hydrogen-bond donors (Lipinski definition) is 1. The normalized spacial score (nSPS) is 12.5. The maximum absolute atomic E-state index is 12.3. The van der Waals surface area contributed by atoms with E-state index in [9.17, 15) is 4.79 Å². The Bertz CT molecular complexity index is 732. The largest absolute Gasteiger partial charge is 0.370 e. The van der Waals surface area contributed by atoms with Crippen molar-refractivity contribution in [3.63, 3.8) is 0 Å². The first kappa shape index (κ1) is 17.8. The minimum atomic E-state index is -0.0670. The Kier molecular flexibility index (Phi) is 4.76. The highest BCUT2D eigenvalue weighted by atomic mass is 32.1. The van der Waals surface area contributed by atoms with E-state index in [2.05, 4.69) is 76.8 Å². The zero-order chi connectivity index (χ0) is 17.4. The molecule has 1 N–H and O–H groups in total. The average molecular weight is 333 g/mol. The molecule has 2 heterocycles. The lowest BCUT2D eigenvalue weighted by Crippen LogP contribution is -2.26. The summed E-state index contributed by atoms with van der Waals surface area (Å²) in [6.07, 6.45) is 2.58. The standard InChI is InChI=1S/C19H28N2OS/c1-18(2,3)14-10-13(17(22)20-12-14)11-19(4,5)15-8-9-16(23-15)21(6)7/h8-10,12H,11H2,1-7H3,(H,20,22). The number of pyridine rings is 1. The Labute approximate surface area is 143 Å². The lowest BCUT2D eigenvalue weighted by atomic mass is 9.82. The Balaban J connectivity index is 2.34. The highest BCUT2D eigenvalue weighted by molar-refractivity contribution is 7.16. The van der Waals surface area contributed by atoms with Gasteiger partial charge in [-0.1, -0.05) is 34.6 Å². The van der Waals surface area contributed by atoms with E-state index in [1.54, 1.807) is 11.3 Å². The molecule has 0 unspecified atom stereocenters. The second kappa shape index (κ2) is 6.16. The summed E-state index contributed by atoms with van der Waals surface area (Å²) < 4.78 is 0. The fourth-order valence-electron chi connectivity index (χ4n) is 2.59. The van der Waals surface area contributed by atoms with E-state index in [1.165, 1.54) is 15.4 Å². The van der Waals surface area contributed by atoms with E-state index in [0.717, 1.165) is 12.0 Å². The van der Waals surface area contributed by atoms with Gasteiger partial charge < -0.3 is 9.88 Å². The molecule has 0 saturated heterocycles. The molecular weight excluding hydrogens is 304 g/mol. The van der Waals surface area contributed by atoms with Crippen molar-refractivity contribution in [2.45, 2.75) is 51.9 Å². The lowest BCUT2D eigenvalue weighted by Gasteiger charge is -2.25. The van der Waals surface area contributed by atoms with Gasteiger partial charge in [-0.25, -0.2) is 0 Å². The molecule has 0 bridgehead atoms. The molecule has 0 aromatic carbocycles. The third-order valence-corrected chi connectivity index (χ3v) is 5.80. The van der Waals surface area contributed by atoms with Crippen LogP contribution in [0.4, 0.5) is 5.00 Å². The third kappa shape index (κ3) is 4.05. The van der Waals surface area contributed by atoms with Gasteiger partial charge in [0.25, 0.3) is 5.56 Å². The van der Waals surface area contributed by atoms with E-state index in [4.69, 9.17) is 0 Å². The van der Waals surface area contributed by atoms with Crippen LogP contribution in [0.3, 0.4) is 0 Å². The second-order valence-electron chi connectivity index (χ2n) is 8.09. The average Bonchev–Trinajstić information content (AvgIpc) is 2.90. The summed E-state index contributed by atoms with van der Waals surface area (Å²) in [5.74, 6) is 0. The molecule has 0 aliphatic rings. The zero-order valence-electron chi connectivity index (χ0n) is 15.3. The molecule has 0 amide bonds. The van der Waals surface area contributed by atoms with E-state index in [-0.39, 0.29) is 16.4 Å². The number of nitrogens with zero attached hydrogens (tertiary/aromatic N) is 1. The Morgan fingerprint density at radius 2 is 1.78 bits per heavy atom. The van der Waals surface area contributed by atoms with Crippen molar-refractivity contribution in [2.24, 2.45) is 0 Å². The Hall–Kier alpha value is -1.55. The molecule has 3 nitrogen and oxygen atoms in total. The predicted molar refractivity (Wildman–Crippen MR) is 101 cm³/mol. The summed E-state index contributed by atoms with van der Waals surface area (Å²) in [5.41, 5.74) is 2.02. The number of thiophene rings is 1. The van der Waals surface area contributed by atoms with Crippen LogP contribution in [-0.2, 0) is 17.3 Å². The van der Waals surface area contributed by atoms with Crippen LogP contribution in [0.25, 0.3) is 0 Å². The van der Waals surface area contributed by atoms with Crippen molar-refractivity contribution < 1.29 is 0 Å². The van der Waals surface area contributed by atoms with E-state index in [1.807, 2.05) is 6.20 Å². The smallest absolute Gasteiger partial charge is 0.251 e. The van der Waals surface area contributed by atoms with Crippen molar-refractivity contribution in [3.05, 3.63) is 50.8 Å². The fourth-order valence-corrected chi connectivity index (χ4v) is 3.62. The molecule has 23 heavy (non-hydrogen) atoms. The number of aromatic amines is 1. The van der Waals surface area contributed by atoms with Gasteiger partial charge in [0.15, 0.2) is 0 Å². The summed E-state index contributed by atoms with van der Waals surface area (Å²) in [7, 11) is 4.11. The van der Waals surface area contributed by atoms with Gasteiger partial charge in [-0.15, -0.1) is 11.3 Å². The first-order valence-electron chi connectivity index (χ1n) is 8.00. The van der Waals surface area contributed by atoms with Crippen molar-refractivity contribution >= 4 is 16.3 Å². The van der Waals surface area contributed by atoms with Crippen molar-refractivity contribution in [3.8, 4) is 0 Å². The Morgan fingerprint density at radius 1 is 1.13 bits per heavy atom. The third-order valence-electron chi connectivity index (χ3n) is 4.18. The minimum Gasteiger partial charge on any atom is -0.370 e. The molecule has 0 spiro atoms. The maximum atomic E-state index is 12.3. The number of nitrogens with one attached hydrogen (secondary N) is 1. The summed E-state index contributed by atoms with van der Waals surface area (Å²) in [6.45, 7) is 10.9. The molecule has 0 aliphatic heterocycles. The van der Waals surface area contributed by atoms with E-state index >= 15 is 0 Å². The quantitative estimate of drug-likeness (QED) is 0.905. The molecule has 4 heteroatoms. The van der Waals surface area contributed by atoms with E-state index in [0.29, 0.717) is 0 Å². The van der Waals surface area contributed by atoms with Crippen LogP contribution in [0.5, 0.6) is 0 Å². The van der Waals surface area contributed by atoms with Crippen LogP contribution in [-0.4, -0.2) is 19.1 Å². The summed E-state index contributed by atoms with van der Waals surface area (Å²) in [5, 5.41) is 1.24. The van der Waals surface area contributed by atoms with Crippen LogP contribution >= 0.6 is 11.3 Å². The first-order valence-corrected chi connectivity index (χ1v) is 8.82. The van der Waals surface area contributed by atoms with Crippen LogP contribution in [0.2, 0.25) is 0 Å². The molecule has 0 radical (unpaired) electrons. The summed E-state index contributed by atoms with van der Waals surface area (Å²) >= 11 is 1.80. The lowest BCUT2D eigenvalue weighted by molar-refractivity contribution is 0.527. The first-order chi connectivity index (χ1) is 10.5. The van der Waals surface area contributed by atoms with Crippen LogP contribution in [0.15, 0.2) is 29.2 Å². The summed E-state index contributed by atoms with van der Waals surface area (Å²) in [6, 6.07) is 6.40. The van der Waals surface area contributed by atoms with E-state index < -0.39 is 0 Å². The summed E-state index contributed by atoms with van der Waals surface area (Å²) in [4.78, 5) is 18.6. The maximum Gasteiger partial charge on any atom is 0.251 e. The second-order valence-corrected chi connectivity index (χ2v) is 9.15. The molecule has 0 atom stereocenters. The highest BCUT2D eigenvalue weighted by Gasteiger charge is 2.26. The highest BCUT2D eigenvalue weighted by Crippen LogP contribution is 2.36. The van der Waals surface area contributed by atoms with Gasteiger partial charge in [0, 0.05) is 36.1 Å². The van der Waals surface area contributed by atoms with Gasteiger partial charge in [-0.05, 0) is 35.6 Å². The zero-order valence-corrected chi connectivity index (χ0v) is 16.1. The SMILES string of the molecule is CN(C)c1ccc(C(C)(C)Cc2cc(C(C)(C)C)c[nH]c2=O)s1. The monoisotopic (exact) mass is 332 g/mol. The van der Waals surface area contributed by atoms with Crippen molar-refractivity contribution in [1.29, 1.82) is 0 Å². The van der Waals surface area contributed by atoms with Gasteiger partial charge in [-0.3, -0.25) is 4.79 Å². The Morgan fingerprint density at radius 3 is 2.30 bits per heavy atom. The molecular formula is C19H28N2OS. The molecule has 126 valence electrons. The molecule has 0 saturated carbocycles. The van der Waals surface area contributed by atoms with Crippen LogP contribution < -0.4 is 10.5 Å². The topological polar surface area (TPSA) is 36.1 Å². The number of anilines is 1. The number of hydrogen-bond acceptors (Lipinski definition) is 3. The van der Waals surface area contributed by atoms with Gasteiger partial charge in [0.05, 0.1) is 5.00 Å².